The zero-order valence-corrected chi connectivity index (χ0v) is 16.5. The molecule has 0 bridgehead atoms. The molecule has 1 aliphatic heterocycles. The van der Waals surface area contributed by atoms with Crippen molar-refractivity contribution in [1.29, 1.82) is 0 Å². The monoisotopic (exact) mass is 421 g/mol. The maximum Gasteiger partial charge on any atom is 0.363 e. The third-order valence-corrected chi connectivity index (χ3v) is 4.50. The summed E-state index contributed by atoms with van der Waals surface area (Å²) in [6, 6.07) is 17.1. The predicted octanol–water partition coefficient (Wildman–Crippen LogP) is 4.90. The minimum Gasteiger partial charge on any atom is -0.493 e. The van der Waals surface area contributed by atoms with Crippen LogP contribution in [0, 0.1) is 11.6 Å². The molecule has 0 atom stereocenters. The molecular weight excluding hydrogens is 404 g/mol. The first kappa shape index (κ1) is 20.3. The molecule has 4 rings (SSSR count). The Labute approximate surface area is 177 Å². The quantitative estimate of drug-likeness (QED) is 0.420. The van der Waals surface area contributed by atoms with E-state index in [2.05, 4.69) is 4.99 Å². The molecule has 3 aromatic rings. The number of benzene rings is 3. The number of carbonyl (C=O) groups is 1. The minimum atomic E-state index is -0.677. The molecule has 0 saturated heterocycles. The second kappa shape index (κ2) is 8.79. The molecule has 0 N–H and O–H groups in total. The number of ether oxygens (including phenoxy) is 3. The van der Waals surface area contributed by atoms with Gasteiger partial charge in [-0.3, -0.25) is 0 Å². The number of hydrogen-bond acceptors (Lipinski definition) is 5. The number of rotatable bonds is 6. The zero-order chi connectivity index (χ0) is 21.8. The van der Waals surface area contributed by atoms with Crippen LogP contribution in [0.3, 0.4) is 0 Å². The van der Waals surface area contributed by atoms with Crippen LogP contribution >= 0.6 is 0 Å². The molecule has 0 aliphatic carbocycles. The van der Waals surface area contributed by atoms with Crippen molar-refractivity contribution in [1.82, 2.24) is 0 Å². The number of halogens is 2. The van der Waals surface area contributed by atoms with Crippen LogP contribution in [0.5, 0.6) is 11.5 Å². The molecule has 0 amide bonds. The van der Waals surface area contributed by atoms with Gasteiger partial charge in [-0.05, 0) is 53.6 Å². The Morgan fingerprint density at radius 1 is 1.00 bits per heavy atom. The summed E-state index contributed by atoms with van der Waals surface area (Å²) >= 11 is 0. The van der Waals surface area contributed by atoms with Gasteiger partial charge >= 0.3 is 5.97 Å². The van der Waals surface area contributed by atoms with Gasteiger partial charge in [-0.15, -0.1) is 0 Å². The lowest BCUT2D eigenvalue weighted by Crippen LogP contribution is -2.07. The van der Waals surface area contributed by atoms with Crippen LogP contribution in [-0.2, 0) is 16.1 Å². The molecule has 3 aromatic carbocycles. The van der Waals surface area contributed by atoms with Crippen molar-refractivity contribution in [2.24, 2.45) is 4.99 Å². The molecule has 0 spiro atoms. The number of hydrogen-bond donors (Lipinski definition) is 0. The lowest BCUT2D eigenvalue weighted by Gasteiger charge is -2.11. The smallest absolute Gasteiger partial charge is 0.363 e. The van der Waals surface area contributed by atoms with E-state index < -0.39 is 11.8 Å². The fourth-order valence-electron chi connectivity index (χ4n) is 3.00. The first-order valence-electron chi connectivity index (χ1n) is 9.36. The van der Waals surface area contributed by atoms with Crippen LogP contribution in [0.1, 0.15) is 16.7 Å². The molecular formula is C24H17F2NO4. The summed E-state index contributed by atoms with van der Waals surface area (Å²) in [6.07, 6.45) is 1.51. The van der Waals surface area contributed by atoms with E-state index in [-0.39, 0.29) is 29.6 Å². The van der Waals surface area contributed by atoms with Crippen molar-refractivity contribution < 1.29 is 27.8 Å². The molecule has 0 saturated carbocycles. The second-order valence-electron chi connectivity index (χ2n) is 6.64. The molecule has 31 heavy (non-hydrogen) atoms. The number of methoxy groups -OCH3 is 1. The highest BCUT2D eigenvalue weighted by Gasteiger charge is 2.26. The van der Waals surface area contributed by atoms with Gasteiger partial charge in [-0.1, -0.05) is 30.3 Å². The van der Waals surface area contributed by atoms with E-state index in [1.54, 1.807) is 36.4 Å². The highest BCUT2D eigenvalue weighted by molar-refractivity contribution is 6.12. The molecule has 156 valence electrons. The lowest BCUT2D eigenvalue weighted by atomic mass is 10.1. The molecule has 0 aromatic heterocycles. The van der Waals surface area contributed by atoms with Crippen LogP contribution in [0.25, 0.3) is 6.08 Å². The Balaban J connectivity index is 1.55. The van der Waals surface area contributed by atoms with Crippen molar-refractivity contribution in [2.45, 2.75) is 6.61 Å². The predicted molar refractivity (Wildman–Crippen MR) is 111 cm³/mol. The third-order valence-electron chi connectivity index (χ3n) is 4.50. The minimum absolute atomic E-state index is 0.0359. The molecule has 7 heteroatoms. The van der Waals surface area contributed by atoms with Gasteiger partial charge in [-0.2, -0.15) is 0 Å². The summed E-state index contributed by atoms with van der Waals surface area (Å²) in [7, 11) is 1.49. The van der Waals surface area contributed by atoms with Crippen LogP contribution in [0.4, 0.5) is 8.78 Å². The molecule has 0 radical (unpaired) electrons. The van der Waals surface area contributed by atoms with Gasteiger partial charge in [0.2, 0.25) is 5.90 Å². The Kier molecular flexibility index (Phi) is 5.75. The van der Waals surface area contributed by atoms with E-state index in [1.165, 1.54) is 43.5 Å². The van der Waals surface area contributed by atoms with E-state index in [4.69, 9.17) is 14.2 Å². The Morgan fingerprint density at radius 3 is 2.61 bits per heavy atom. The maximum atomic E-state index is 13.9. The summed E-state index contributed by atoms with van der Waals surface area (Å²) in [5.74, 6) is -0.751. The van der Waals surface area contributed by atoms with Gasteiger partial charge in [0.05, 0.1) is 12.7 Å². The normalized spacial score (nSPS) is 14.4. The van der Waals surface area contributed by atoms with Gasteiger partial charge in [0.1, 0.15) is 18.2 Å². The van der Waals surface area contributed by atoms with E-state index in [9.17, 15) is 13.6 Å². The zero-order valence-electron chi connectivity index (χ0n) is 16.5. The van der Waals surface area contributed by atoms with Crippen LogP contribution < -0.4 is 9.47 Å². The van der Waals surface area contributed by atoms with Gasteiger partial charge in [0.15, 0.2) is 17.2 Å². The van der Waals surface area contributed by atoms with E-state index in [0.717, 1.165) is 0 Å². The summed E-state index contributed by atoms with van der Waals surface area (Å²) in [6.45, 7) is 0.164. The Hall–Kier alpha value is -4.00. The van der Waals surface area contributed by atoms with E-state index in [0.29, 0.717) is 22.6 Å². The largest absolute Gasteiger partial charge is 0.493 e. The standard InChI is InChI=1S/C24H17F2NO4/c1-29-22-13-15(9-10-21(22)30-14-16-5-4-6-17(25)11-16)12-20-24(28)31-23(27-20)18-7-2-3-8-19(18)26/h2-13H,14H2,1H3. The summed E-state index contributed by atoms with van der Waals surface area (Å²) < 4.78 is 43.5. The van der Waals surface area contributed by atoms with Crippen LogP contribution in [0.2, 0.25) is 0 Å². The van der Waals surface area contributed by atoms with Crippen LogP contribution in [0.15, 0.2) is 77.4 Å². The molecule has 0 unspecified atom stereocenters. The van der Waals surface area contributed by atoms with Gasteiger partial charge in [-0.25, -0.2) is 18.6 Å². The maximum absolute atomic E-state index is 13.9. The summed E-state index contributed by atoms with van der Waals surface area (Å²) in [5.41, 5.74) is 1.43. The molecule has 1 heterocycles. The Bertz CT molecular complexity index is 1200. The van der Waals surface area contributed by atoms with E-state index in [1.807, 2.05) is 0 Å². The first-order chi connectivity index (χ1) is 15.0. The summed E-state index contributed by atoms with van der Waals surface area (Å²) in [4.78, 5) is 16.3. The van der Waals surface area contributed by atoms with Crippen molar-refractivity contribution in [2.75, 3.05) is 7.11 Å². The van der Waals surface area contributed by atoms with Gasteiger partial charge < -0.3 is 14.2 Å². The first-order valence-corrected chi connectivity index (χ1v) is 9.36. The van der Waals surface area contributed by atoms with E-state index >= 15 is 0 Å². The molecule has 1 aliphatic rings. The van der Waals surface area contributed by atoms with Gasteiger partial charge in [0.25, 0.3) is 0 Å². The fraction of sp³-hybridized carbons (Fsp3) is 0.0833. The lowest BCUT2D eigenvalue weighted by molar-refractivity contribution is -0.129. The highest BCUT2D eigenvalue weighted by atomic mass is 19.1. The number of carbonyl (C=O) groups excluding carboxylic acids is 1. The number of esters is 1. The summed E-state index contributed by atoms with van der Waals surface area (Å²) in [5, 5.41) is 0. The van der Waals surface area contributed by atoms with Crippen molar-refractivity contribution in [3.63, 3.8) is 0 Å². The Morgan fingerprint density at radius 2 is 1.84 bits per heavy atom. The second-order valence-corrected chi connectivity index (χ2v) is 6.64. The van der Waals surface area contributed by atoms with Gasteiger partial charge in [0, 0.05) is 0 Å². The SMILES string of the molecule is COc1cc(C=C2N=C(c3ccccc3F)OC2=O)ccc1OCc1cccc(F)c1. The average Bonchev–Trinajstić information content (AvgIpc) is 3.13. The van der Waals surface area contributed by atoms with Crippen molar-refractivity contribution in [3.05, 3.63) is 101 Å². The van der Waals surface area contributed by atoms with Crippen molar-refractivity contribution >= 4 is 17.9 Å². The third kappa shape index (κ3) is 4.61. The number of aliphatic imine (C=N–C) groups is 1. The number of cyclic esters (lactones) is 1. The molecule has 0 fully saturated rings. The number of nitrogens with zero attached hydrogens (tertiary/aromatic N) is 1. The van der Waals surface area contributed by atoms with Crippen molar-refractivity contribution in [3.8, 4) is 11.5 Å². The fourth-order valence-corrected chi connectivity index (χ4v) is 3.00. The van der Waals surface area contributed by atoms with Crippen LogP contribution in [-0.4, -0.2) is 19.0 Å². The topological polar surface area (TPSA) is 57.1 Å². The molecule has 5 nitrogen and oxygen atoms in total. The highest BCUT2D eigenvalue weighted by Crippen LogP contribution is 2.30. The average molecular weight is 421 g/mol.